The van der Waals surface area contributed by atoms with E-state index in [9.17, 15) is 4.79 Å². The summed E-state index contributed by atoms with van der Waals surface area (Å²) in [5, 5.41) is 5.35. The topological polar surface area (TPSA) is 57.6 Å². The van der Waals surface area contributed by atoms with Crippen LogP contribution in [-0.2, 0) is 0 Å². The summed E-state index contributed by atoms with van der Waals surface area (Å²) in [6.07, 6.45) is 2.29. The molecule has 1 N–H and O–H groups in total. The summed E-state index contributed by atoms with van der Waals surface area (Å²) in [5.41, 5.74) is 7.12. The van der Waals surface area contributed by atoms with Gasteiger partial charge in [-0.3, -0.25) is 9.69 Å². The molecule has 6 rings (SSSR count). The molecule has 0 unspecified atom stereocenters. The van der Waals surface area contributed by atoms with Crippen molar-refractivity contribution in [2.75, 3.05) is 19.6 Å². The van der Waals surface area contributed by atoms with Gasteiger partial charge in [-0.25, -0.2) is 10.4 Å². The fraction of sp³-hybridized carbons (Fsp3) is 0.261. The van der Waals surface area contributed by atoms with Gasteiger partial charge >= 0.3 is 0 Å². The molecule has 1 amide bonds. The highest BCUT2D eigenvalue weighted by Gasteiger charge is 2.31. The molecule has 4 heterocycles. The maximum absolute atomic E-state index is 13.0. The number of aromatic nitrogens is 1. The average Bonchev–Trinajstić information content (AvgIpc) is 2.78. The van der Waals surface area contributed by atoms with Crippen LogP contribution in [0, 0.1) is 5.92 Å². The fourth-order valence-electron chi connectivity index (χ4n) is 4.21. The van der Waals surface area contributed by atoms with Crippen molar-refractivity contribution < 1.29 is 4.79 Å². The van der Waals surface area contributed by atoms with Gasteiger partial charge in [0.1, 0.15) is 0 Å². The standard InChI is InChI=1S/C23H22N4O/c28-23(26-25-22-15-27-12-10-17(22)11-13-27)19-14-21(16-6-2-1-3-7-16)24-20-9-5-4-8-18(19)20/h1-9,14,17H,10-13,15H2,(H,26,28)/b25-22-. The largest absolute Gasteiger partial charge is 0.298 e. The van der Waals surface area contributed by atoms with Crippen LogP contribution in [0.2, 0.25) is 0 Å². The first-order valence-electron chi connectivity index (χ1n) is 9.82. The number of nitrogens with zero attached hydrogens (tertiary/aromatic N) is 3. The minimum atomic E-state index is -0.181. The third-order valence-electron chi connectivity index (χ3n) is 5.78. The maximum atomic E-state index is 13.0. The molecule has 0 spiro atoms. The van der Waals surface area contributed by atoms with Crippen LogP contribution in [-0.4, -0.2) is 41.1 Å². The van der Waals surface area contributed by atoms with Crippen molar-refractivity contribution in [1.29, 1.82) is 0 Å². The van der Waals surface area contributed by atoms with E-state index in [0.717, 1.165) is 60.3 Å². The summed E-state index contributed by atoms with van der Waals surface area (Å²) in [4.78, 5) is 20.2. The Morgan fingerprint density at radius 1 is 1.04 bits per heavy atom. The number of hydrogen-bond donors (Lipinski definition) is 1. The van der Waals surface area contributed by atoms with Gasteiger partial charge in [0.15, 0.2) is 0 Å². The SMILES string of the molecule is O=C(N/N=C1/CN2CCC1CC2)c1cc(-c2ccccc2)nc2ccccc12. The lowest BCUT2D eigenvalue weighted by Gasteiger charge is -2.39. The zero-order valence-electron chi connectivity index (χ0n) is 15.6. The first-order valence-corrected chi connectivity index (χ1v) is 9.82. The molecule has 3 fully saturated rings. The van der Waals surface area contributed by atoms with E-state index in [1.165, 1.54) is 0 Å². The van der Waals surface area contributed by atoms with Crippen LogP contribution in [0.5, 0.6) is 0 Å². The van der Waals surface area contributed by atoms with Gasteiger partial charge < -0.3 is 0 Å². The Bertz CT molecular complexity index is 1050. The Morgan fingerprint density at radius 2 is 1.79 bits per heavy atom. The molecule has 0 aliphatic carbocycles. The lowest BCUT2D eigenvalue weighted by Crippen LogP contribution is -2.48. The van der Waals surface area contributed by atoms with Crippen LogP contribution in [0.4, 0.5) is 0 Å². The predicted molar refractivity (Wildman–Crippen MR) is 111 cm³/mol. The summed E-state index contributed by atoms with van der Waals surface area (Å²) in [6.45, 7) is 3.16. The zero-order valence-corrected chi connectivity index (χ0v) is 15.6. The van der Waals surface area contributed by atoms with Gasteiger partial charge in [0, 0.05) is 23.4 Å². The molecule has 1 aromatic heterocycles. The number of rotatable bonds is 3. The van der Waals surface area contributed by atoms with E-state index in [1.54, 1.807) is 0 Å². The van der Waals surface area contributed by atoms with Crippen molar-refractivity contribution in [3.05, 3.63) is 66.2 Å². The molecule has 0 radical (unpaired) electrons. The molecule has 3 aliphatic rings. The van der Waals surface area contributed by atoms with Crippen LogP contribution in [0.3, 0.4) is 0 Å². The van der Waals surface area contributed by atoms with Crippen LogP contribution < -0.4 is 5.43 Å². The smallest absolute Gasteiger partial charge is 0.272 e. The monoisotopic (exact) mass is 370 g/mol. The second-order valence-electron chi connectivity index (χ2n) is 7.53. The Balaban J connectivity index is 1.49. The molecular weight excluding hydrogens is 348 g/mol. The second-order valence-corrected chi connectivity index (χ2v) is 7.53. The van der Waals surface area contributed by atoms with Crippen LogP contribution in [0.1, 0.15) is 23.2 Å². The average molecular weight is 370 g/mol. The van der Waals surface area contributed by atoms with E-state index in [-0.39, 0.29) is 5.91 Å². The number of para-hydroxylation sites is 1. The normalized spacial score (nSPS) is 22.5. The van der Waals surface area contributed by atoms with Crippen molar-refractivity contribution in [1.82, 2.24) is 15.3 Å². The summed E-state index contributed by atoms with van der Waals surface area (Å²) in [5.74, 6) is 0.332. The number of piperidine rings is 3. The number of amides is 1. The van der Waals surface area contributed by atoms with E-state index >= 15 is 0 Å². The molecule has 0 atom stereocenters. The molecule has 5 nitrogen and oxygen atoms in total. The number of fused-ring (bicyclic) bond motifs is 4. The molecule has 28 heavy (non-hydrogen) atoms. The maximum Gasteiger partial charge on any atom is 0.272 e. The molecule has 2 aromatic carbocycles. The van der Waals surface area contributed by atoms with Crippen LogP contribution in [0.15, 0.2) is 65.8 Å². The summed E-state index contributed by atoms with van der Waals surface area (Å²) >= 11 is 0. The Kier molecular flexibility index (Phi) is 4.37. The van der Waals surface area contributed by atoms with E-state index < -0.39 is 0 Å². The van der Waals surface area contributed by atoms with Gasteiger partial charge in [-0.05, 0) is 38.1 Å². The first kappa shape index (κ1) is 17.1. The highest BCUT2D eigenvalue weighted by atomic mass is 16.2. The minimum Gasteiger partial charge on any atom is -0.298 e. The Morgan fingerprint density at radius 3 is 2.54 bits per heavy atom. The van der Waals surface area contributed by atoms with Crippen molar-refractivity contribution in [3.63, 3.8) is 0 Å². The second kappa shape index (κ2) is 7.17. The number of benzene rings is 2. The zero-order chi connectivity index (χ0) is 18.9. The van der Waals surface area contributed by atoms with Crippen molar-refractivity contribution in [2.24, 2.45) is 11.0 Å². The molecule has 3 saturated heterocycles. The number of carbonyl (C=O) groups excluding carboxylic acids is 1. The third-order valence-corrected chi connectivity index (χ3v) is 5.78. The minimum absolute atomic E-state index is 0.181. The quantitative estimate of drug-likeness (QED) is 0.715. The molecule has 2 bridgehead atoms. The molecule has 3 aliphatic heterocycles. The number of hydrogen-bond acceptors (Lipinski definition) is 4. The van der Waals surface area contributed by atoms with Gasteiger partial charge in [-0.2, -0.15) is 5.10 Å². The fourth-order valence-corrected chi connectivity index (χ4v) is 4.21. The lowest BCUT2D eigenvalue weighted by atomic mass is 9.87. The van der Waals surface area contributed by atoms with E-state index in [2.05, 4.69) is 15.4 Å². The number of carbonyl (C=O) groups is 1. The Labute approximate surface area is 164 Å². The third kappa shape index (κ3) is 3.18. The predicted octanol–water partition coefficient (Wildman–Crippen LogP) is 3.71. The van der Waals surface area contributed by atoms with Crippen molar-refractivity contribution >= 4 is 22.5 Å². The first-order chi connectivity index (χ1) is 13.8. The lowest BCUT2D eigenvalue weighted by molar-refractivity contribution is 0.0955. The van der Waals surface area contributed by atoms with Crippen LogP contribution in [0.25, 0.3) is 22.2 Å². The van der Waals surface area contributed by atoms with E-state index in [1.807, 2.05) is 60.7 Å². The number of hydrazone groups is 1. The summed E-state index contributed by atoms with van der Waals surface area (Å²) in [7, 11) is 0. The van der Waals surface area contributed by atoms with Crippen molar-refractivity contribution in [3.8, 4) is 11.3 Å². The van der Waals surface area contributed by atoms with Crippen LogP contribution >= 0.6 is 0 Å². The van der Waals surface area contributed by atoms with Gasteiger partial charge in [0.05, 0.1) is 22.5 Å². The molecule has 3 aromatic rings. The highest BCUT2D eigenvalue weighted by Crippen LogP contribution is 2.26. The number of nitrogens with one attached hydrogen (secondary N) is 1. The van der Waals surface area contributed by atoms with E-state index in [0.29, 0.717) is 11.5 Å². The van der Waals surface area contributed by atoms with Gasteiger partial charge in [0.25, 0.3) is 5.91 Å². The summed E-state index contributed by atoms with van der Waals surface area (Å²) in [6, 6.07) is 19.6. The molecular formula is C23H22N4O. The van der Waals surface area contributed by atoms with Gasteiger partial charge in [-0.1, -0.05) is 48.5 Å². The summed E-state index contributed by atoms with van der Waals surface area (Å²) < 4.78 is 0. The molecule has 140 valence electrons. The highest BCUT2D eigenvalue weighted by molar-refractivity contribution is 6.07. The molecule has 5 heteroatoms. The molecule has 0 saturated carbocycles. The van der Waals surface area contributed by atoms with E-state index in [4.69, 9.17) is 4.98 Å². The number of pyridine rings is 1. The van der Waals surface area contributed by atoms with Crippen molar-refractivity contribution in [2.45, 2.75) is 12.8 Å². The van der Waals surface area contributed by atoms with Gasteiger partial charge in [0.2, 0.25) is 0 Å². The Hall–Kier alpha value is -3.05. The van der Waals surface area contributed by atoms with Gasteiger partial charge in [-0.15, -0.1) is 0 Å².